The number of nitrogens with zero attached hydrogens (tertiary/aromatic N) is 1. The molecule has 76 valence electrons. The van der Waals surface area contributed by atoms with Gasteiger partial charge in [-0.3, -0.25) is 4.99 Å². The number of hydrogen-bond acceptors (Lipinski definition) is 1. The van der Waals surface area contributed by atoms with Crippen molar-refractivity contribution in [3.8, 4) is 0 Å². The van der Waals surface area contributed by atoms with Crippen molar-refractivity contribution >= 4 is 11.9 Å². The highest BCUT2D eigenvalue weighted by molar-refractivity contribution is 5.71. The van der Waals surface area contributed by atoms with Crippen molar-refractivity contribution in [1.82, 2.24) is 0 Å². The monoisotopic (exact) mass is 197 g/mol. The summed E-state index contributed by atoms with van der Waals surface area (Å²) in [6.45, 7) is 4.20. The Morgan fingerprint density at radius 2 is 1.60 bits per heavy atom. The number of hydrogen-bond donors (Lipinski definition) is 0. The van der Waals surface area contributed by atoms with Gasteiger partial charge in [0.15, 0.2) is 0 Å². The molecule has 1 aliphatic rings. The van der Waals surface area contributed by atoms with Gasteiger partial charge in [-0.15, -0.1) is 0 Å². The molecule has 1 aromatic carbocycles. The summed E-state index contributed by atoms with van der Waals surface area (Å²) in [6.07, 6.45) is 10.4. The number of aliphatic imine (C=N–C) groups is 1. The van der Waals surface area contributed by atoms with Gasteiger partial charge in [-0.25, -0.2) is 0 Å². The van der Waals surface area contributed by atoms with Gasteiger partial charge in [-0.1, -0.05) is 30.4 Å². The average Bonchev–Trinajstić information content (AvgIpc) is 2.65. The maximum atomic E-state index is 4.48. The molecule has 1 nitrogen and oxygen atoms in total. The maximum absolute atomic E-state index is 4.48. The maximum Gasteiger partial charge on any atom is 0.0631 e. The number of allylic oxidation sites excluding steroid dienone is 4. The van der Waals surface area contributed by atoms with Crippen LogP contribution in [0.15, 0.2) is 47.5 Å². The number of rotatable bonds is 2. The summed E-state index contributed by atoms with van der Waals surface area (Å²) in [6, 6.07) is 6.37. The van der Waals surface area contributed by atoms with Crippen LogP contribution in [0, 0.1) is 19.8 Å². The van der Waals surface area contributed by atoms with Crippen LogP contribution in [-0.4, -0.2) is 6.21 Å². The van der Waals surface area contributed by atoms with E-state index in [9.17, 15) is 0 Å². The van der Waals surface area contributed by atoms with Crippen LogP contribution >= 0.6 is 0 Å². The molecule has 1 aliphatic carbocycles. The van der Waals surface area contributed by atoms with E-state index in [2.05, 4.69) is 61.3 Å². The fourth-order valence-electron chi connectivity index (χ4n) is 1.75. The lowest BCUT2D eigenvalue weighted by atomic mass is 10.1. The van der Waals surface area contributed by atoms with Gasteiger partial charge in [-0.05, 0) is 37.1 Å². The topological polar surface area (TPSA) is 12.4 Å². The minimum Gasteiger partial charge on any atom is -0.260 e. The summed E-state index contributed by atoms with van der Waals surface area (Å²) in [5, 5.41) is 0. The van der Waals surface area contributed by atoms with E-state index in [4.69, 9.17) is 0 Å². The average molecular weight is 197 g/mol. The van der Waals surface area contributed by atoms with E-state index >= 15 is 0 Å². The summed E-state index contributed by atoms with van der Waals surface area (Å²) >= 11 is 0. The summed E-state index contributed by atoms with van der Waals surface area (Å²) < 4.78 is 0. The fraction of sp³-hybridized carbons (Fsp3) is 0.214. The SMILES string of the molecule is Cc1cc(C)cc(N=CC2C=CC=C2)c1. The van der Waals surface area contributed by atoms with Crippen molar-refractivity contribution < 1.29 is 0 Å². The minimum absolute atomic E-state index is 0.366. The molecule has 0 atom stereocenters. The molecular weight excluding hydrogens is 182 g/mol. The molecule has 0 fully saturated rings. The predicted octanol–water partition coefficient (Wildman–Crippen LogP) is 3.75. The molecule has 2 rings (SSSR count). The van der Waals surface area contributed by atoms with Crippen molar-refractivity contribution in [2.45, 2.75) is 13.8 Å². The summed E-state index contributed by atoms with van der Waals surface area (Å²) in [7, 11) is 0. The Labute approximate surface area is 90.9 Å². The van der Waals surface area contributed by atoms with Crippen molar-refractivity contribution in [1.29, 1.82) is 0 Å². The Morgan fingerprint density at radius 1 is 1.00 bits per heavy atom. The van der Waals surface area contributed by atoms with Crippen LogP contribution in [0.1, 0.15) is 11.1 Å². The molecule has 0 saturated carbocycles. The van der Waals surface area contributed by atoms with Crippen LogP contribution in [0.25, 0.3) is 0 Å². The third-order valence-electron chi connectivity index (χ3n) is 2.38. The molecule has 0 heterocycles. The second-order valence-electron chi connectivity index (χ2n) is 3.97. The first-order chi connectivity index (χ1) is 7.24. The van der Waals surface area contributed by atoms with Crippen molar-refractivity contribution in [3.05, 3.63) is 53.6 Å². The van der Waals surface area contributed by atoms with Crippen LogP contribution < -0.4 is 0 Å². The fourth-order valence-corrected chi connectivity index (χ4v) is 1.75. The van der Waals surface area contributed by atoms with Crippen LogP contribution in [0.5, 0.6) is 0 Å². The van der Waals surface area contributed by atoms with Gasteiger partial charge in [0.2, 0.25) is 0 Å². The Bertz CT molecular complexity index is 406. The zero-order chi connectivity index (χ0) is 10.7. The zero-order valence-electron chi connectivity index (χ0n) is 9.14. The summed E-state index contributed by atoms with van der Waals surface area (Å²) in [4.78, 5) is 4.48. The lowest BCUT2D eigenvalue weighted by Gasteiger charge is -2.00. The van der Waals surface area contributed by atoms with E-state index in [-0.39, 0.29) is 0 Å². The van der Waals surface area contributed by atoms with Crippen LogP contribution in [0.2, 0.25) is 0 Å². The first-order valence-electron chi connectivity index (χ1n) is 5.21. The van der Waals surface area contributed by atoms with Gasteiger partial charge in [-0.2, -0.15) is 0 Å². The lowest BCUT2D eigenvalue weighted by Crippen LogP contribution is -1.88. The van der Waals surface area contributed by atoms with Crippen LogP contribution in [0.4, 0.5) is 5.69 Å². The van der Waals surface area contributed by atoms with E-state index in [0.717, 1.165) is 5.69 Å². The molecule has 15 heavy (non-hydrogen) atoms. The molecule has 0 unspecified atom stereocenters. The highest BCUT2D eigenvalue weighted by Gasteiger charge is 1.99. The van der Waals surface area contributed by atoms with Crippen molar-refractivity contribution in [2.75, 3.05) is 0 Å². The Morgan fingerprint density at radius 3 is 2.20 bits per heavy atom. The van der Waals surface area contributed by atoms with Crippen LogP contribution in [0.3, 0.4) is 0 Å². The first-order valence-corrected chi connectivity index (χ1v) is 5.21. The van der Waals surface area contributed by atoms with Crippen LogP contribution in [-0.2, 0) is 0 Å². The highest BCUT2D eigenvalue weighted by Crippen LogP contribution is 2.17. The Balaban J connectivity index is 2.16. The molecule has 0 spiro atoms. The minimum atomic E-state index is 0.366. The lowest BCUT2D eigenvalue weighted by molar-refractivity contribution is 1.19. The molecule has 1 heteroatoms. The quantitative estimate of drug-likeness (QED) is 0.640. The smallest absolute Gasteiger partial charge is 0.0631 e. The molecule has 0 radical (unpaired) electrons. The Kier molecular flexibility index (Phi) is 2.82. The van der Waals surface area contributed by atoms with Gasteiger partial charge < -0.3 is 0 Å². The van der Waals surface area contributed by atoms with Crippen molar-refractivity contribution in [3.63, 3.8) is 0 Å². The normalized spacial score (nSPS) is 15.6. The van der Waals surface area contributed by atoms with E-state index in [0.29, 0.717) is 5.92 Å². The first kappa shape index (κ1) is 9.91. The van der Waals surface area contributed by atoms with Gasteiger partial charge in [0.25, 0.3) is 0 Å². The number of benzene rings is 1. The number of aryl methyl sites for hydroxylation is 2. The van der Waals surface area contributed by atoms with Gasteiger partial charge in [0, 0.05) is 12.1 Å². The largest absolute Gasteiger partial charge is 0.260 e. The standard InChI is InChI=1S/C14H15N/c1-11-7-12(2)9-14(8-11)15-10-13-5-3-4-6-13/h3-10,13H,1-2H3. The third-order valence-corrected chi connectivity index (χ3v) is 2.38. The molecule has 0 amide bonds. The highest BCUT2D eigenvalue weighted by atomic mass is 14.7. The Hall–Kier alpha value is -1.63. The molecule has 0 bridgehead atoms. The molecular formula is C14H15N. The van der Waals surface area contributed by atoms with E-state index in [1.165, 1.54) is 11.1 Å². The molecule has 0 N–H and O–H groups in total. The molecule has 1 aromatic rings. The van der Waals surface area contributed by atoms with E-state index in [1.807, 2.05) is 6.21 Å². The summed E-state index contributed by atoms with van der Waals surface area (Å²) in [5.74, 6) is 0.366. The van der Waals surface area contributed by atoms with Gasteiger partial charge in [0.05, 0.1) is 5.69 Å². The third kappa shape index (κ3) is 2.66. The van der Waals surface area contributed by atoms with Gasteiger partial charge >= 0.3 is 0 Å². The predicted molar refractivity (Wildman–Crippen MR) is 65.8 cm³/mol. The zero-order valence-corrected chi connectivity index (χ0v) is 9.14. The van der Waals surface area contributed by atoms with E-state index in [1.54, 1.807) is 0 Å². The second kappa shape index (κ2) is 4.26. The van der Waals surface area contributed by atoms with E-state index < -0.39 is 0 Å². The second-order valence-corrected chi connectivity index (χ2v) is 3.97. The molecule has 0 saturated heterocycles. The van der Waals surface area contributed by atoms with Crippen molar-refractivity contribution in [2.24, 2.45) is 10.9 Å². The summed E-state index contributed by atoms with van der Waals surface area (Å²) in [5.41, 5.74) is 3.57. The molecule has 0 aromatic heterocycles. The molecule has 0 aliphatic heterocycles. The van der Waals surface area contributed by atoms with Gasteiger partial charge in [0.1, 0.15) is 0 Å².